The number of likely N-dealkylation sites (N-methyl/N-ethyl adjacent to an activating group) is 2. The van der Waals surface area contributed by atoms with E-state index >= 15 is 0 Å². The zero-order valence-electron chi connectivity index (χ0n) is 11.2. The van der Waals surface area contributed by atoms with Crippen LogP contribution in [0.25, 0.3) is 6.08 Å². The number of allylic oxidation sites excluding steroid dienone is 2. The lowest BCUT2D eigenvalue weighted by Gasteiger charge is -2.28. The van der Waals surface area contributed by atoms with Crippen LogP contribution in [0.3, 0.4) is 0 Å². The van der Waals surface area contributed by atoms with Crippen LogP contribution in [-0.4, -0.2) is 41.7 Å². The van der Waals surface area contributed by atoms with E-state index < -0.39 is 17.8 Å². The number of benzene rings is 1. The Balaban J connectivity index is 2.24. The van der Waals surface area contributed by atoms with Crippen LogP contribution in [-0.2, 0) is 9.59 Å². The minimum absolute atomic E-state index is 0.0261. The Morgan fingerprint density at radius 3 is 2.00 bits per heavy atom. The molecule has 0 aliphatic carbocycles. The molecule has 1 aromatic rings. The van der Waals surface area contributed by atoms with Crippen molar-refractivity contribution in [3.8, 4) is 0 Å². The van der Waals surface area contributed by atoms with Crippen LogP contribution in [0.4, 0.5) is 4.79 Å². The molecule has 2 rings (SSSR count). The fourth-order valence-electron chi connectivity index (χ4n) is 1.81. The molecule has 1 aromatic carbocycles. The Bertz CT molecular complexity index is 591. The molecule has 0 bridgehead atoms. The van der Waals surface area contributed by atoms with Crippen molar-refractivity contribution in [1.29, 1.82) is 0 Å². The first-order valence-electron chi connectivity index (χ1n) is 6.06. The van der Waals surface area contributed by atoms with Gasteiger partial charge in [-0.1, -0.05) is 42.5 Å². The molecule has 0 atom stereocenters. The fraction of sp³-hybridized carbons (Fsp3) is 0.133. The fourth-order valence-corrected chi connectivity index (χ4v) is 1.81. The van der Waals surface area contributed by atoms with Gasteiger partial charge in [-0.05, 0) is 11.6 Å². The zero-order valence-corrected chi connectivity index (χ0v) is 11.2. The first-order valence-corrected chi connectivity index (χ1v) is 6.06. The largest absolute Gasteiger partial charge is 0.333 e. The average Bonchev–Trinajstić information content (AvgIpc) is 2.48. The number of imide groups is 2. The normalized spacial score (nSPS) is 16.3. The van der Waals surface area contributed by atoms with Crippen LogP contribution in [0.15, 0.2) is 48.1 Å². The highest BCUT2D eigenvalue weighted by atomic mass is 16.2. The van der Waals surface area contributed by atoms with E-state index in [4.69, 9.17) is 0 Å². The molecule has 5 nitrogen and oxygen atoms in total. The monoisotopic (exact) mass is 270 g/mol. The molecule has 1 heterocycles. The van der Waals surface area contributed by atoms with Gasteiger partial charge in [0, 0.05) is 14.1 Å². The van der Waals surface area contributed by atoms with Crippen LogP contribution in [0, 0.1) is 0 Å². The SMILES string of the molecule is CN1C(=O)C(=C/C=C/c2ccccc2)C(=O)N(C)C1=O. The molecule has 0 saturated carbocycles. The number of hydrogen-bond donors (Lipinski definition) is 0. The van der Waals surface area contributed by atoms with Gasteiger partial charge in [-0.3, -0.25) is 19.4 Å². The molecule has 0 N–H and O–H groups in total. The molecule has 4 amide bonds. The average molecular weight is 270 g/mol. The Morgan fingerprint density at radius 2 is 1.45 bits per heavy atom. The molecule has 20 heavy (non-hydrogen) atoms. The van der Waals surface area contributed by atoms with E-state index in [1.165, 1.54) is 20.2 Å². The highest BCUT2D eigenvalue weighted by molar-refractivity contribution is 6.28. The second-order valence-corrected chi connectivity index (χ2v) is 4.36. The van der Waals surface area contributed by atoms with E-state index in [-0.39, 0.29) is 5.57 Å². The van der Waals surface area contributed by atoms with Crippen molar-refractivity contribution in [3.63, 3.8) is 0 Å². The molecule has 0 aromatic heterocycles. The first-order chi connectivity index (χ1) is 9.52. The summed E-state index contributed by atoms with van der Waals surface area (Å²) in [7, 11) is 2.70. The Kier molecular flexibility index (Phi) is 3.79. The molecule has 0 spiro atoms. The lowest BCUT2D eigenvalue weighted by molar-refractivity contribution is -0.134. The number of rotatable bonds is 2. The van der Waals surface area contributed by atoms with Gasteiger partial charge in [-0.25, -0.2) is 4.79 Å². The van der Waals surface area contributed by atoms with Gasteiger partial charge >= 0.3 is 6.03 Å². The van der Waals surface area contributed by atoms with Gasteiger partial charge in [-0.15, -0.1) is 0 Å². The third-order valence-corrected chi connectivity index (χ3v) is 3.00. The van der Waals surface area contributed by atoms with Gasteiger partial charge in [0.1, 0.15) is 5.57 Å². The highest BCUT2D eigenvalue weighted by Gasteiger charge is 2.37. The summed E-state index contributed by atoms with van der Waals surface area (Å²) < 4.78 is 0. The van der Waals surface area contributed by atoms with Gasteiger partial charge in [0.15, 0.2) is 0 Å². The summed E-state index contributed by atoms with van der Waals surface area (Å²) in [6.07, 6.45) is 4.83. The summed E-state index contributed by atoms with van der Waals surface area (Å²) in [5.41, 5.74) is 0.930. The third kappa shape index (κ3) is 2.51. The van der Waals surface area contributed by atoms with Crippen LogP contribution in [0.5, 0.6) is 0 Å². The number of amides is 4. The van der Waals surface area contributed by atoms with E-state index in [2.05, 4.69) is 0 Å². The summed E-state index contributed by atoms with van der Waals surface area (Å²) in [6.45, 7) is 0. The van der Waals surface area contributed by atoms with Crippen molar-refractivity contribution in [2.75, 3.05) is 14.1 Å². The molecular formula is C15H14N2O3. The number of hydrogen-bond acceptors (Lipinski definition) is 3. The quantitative estimate of drug-likeness (QED) is 0.607. The maximum absolute atomic E-state index is 11.9. The van der Waals surface area contributed by atoms with Crippen LogP contribution in [0.1, 0.15) is 5.56 Å². The second-order valence-electron chi connectivity index (χ2n) is 4.36. The maximum atomic E-state index is 11.9. The summed E-state index contributed by atoms with van der Waals surface area (Å²) >= 11 is 0. The van der Waals surface area contributed by atoms with Crippen LogP contribution >= 0.6 is 0 Å². The van der Waals surface area contributed by atoms with Gasteiger partial charge < -0.3 is 0 Å². The summed E-state index contributed by atoms with van der Waals surface area (Å²) in [6, 6.07) is 8.87. The molecule has 1 aliphatic heterocycles. The summed E-state index contributed by atoms with van der Waals surface area (Å²) in [4.78, 5) is 37.2. The molecule has 5 heteroatoms. The number of carbonyl (C=O) groups excluding carboxylic acids is 3. The van der Waals surface area contributed by atoms with Crippen molar-refractivity contribution in [3.05, 3.63) is 53.6 Å². The number of urea groups is 1. The Hall–Kier alpha value is -2.69. The van der Waals surface area contributed by atoms with Gasteiger partial charge in [0.05, 0.1) is 0 Å². The smallest absolute Gasteiger partial charge is 0.268 e. The molecule has 0 radical (unpaired) electrons. The highest BCUT2D eigenvalue weighted by Crippen LogP contribution is 2.14. The van der Waals surface area contributed by atoms with E-state index in [9.17, 15) is 14.4 Å². The van der Waals surface area contributed by atoms with Crippen molar-refractivity contribution in [2.45, 2.75) is 0 Å². The van der Waals surface area contributed by atoms with Crippen molar-refractivity contribution >= 4 is 23.9 Å². The van der Waals surface area contributed by atoms with E-state index in [0.29, 0.717) is 0 Å². The van der Waals surface area contributed by atoms with Crippen LogP contribution in [0.2, 0.25) is 0 Å². The first kappa shape index (κ1) is 13.7. The predicted octanol–water partition coefficient (Wildman–Crippen LogP) is 1.68. The van der Waals surface area contributed by atoms with Crippen LogP contribution < -0.4 is 0 Å². The number of barbiturate groups is 1. The van der Waals surface area contributed by atoms with Gasteiger partial charge in [-0.2, -0.15) is 0 Å². The molecule has 1 fully saturated rings. The Labute approximate surface area is 116 Å². The topological polar surface area (TPSA) is 57.7 Å². The molecule has 102 valence electrons. The van der Waals surface area contributed by atoms with E-state index in [1.807, 2.05) is 30.3 Å². The summed E-state index contributed by atoms with van der Waals surface area (Å²) in [5, 5.41) is 0. The maximum Gasteiger partial charge on any atom is 0.333 e. The molecular weight excluding hydrogens is 256 g/mol. The summed E-state index contributed by atoms with van der Waals surface area (Å²) in [5.74, 6) is -1.17. The van der Waals surface area contributed by atoms with E-state index in [0.717, 1.165) is 15.4 Å². The number of carbonyl (C=O) groups is 3. The second kappa shape index (κ2) is 5.52. The van der Waals surface area contributed by atoms with Crippen molar-refractivity contribution in [2.24, 2.45) is 0 Å². The standard InChI is InChI=1S/C15H14N2O3/c1-16-13(18)12(14(19)17(2)15(16)20)10-6-9-11-7-4-3-5-8-11/h3-10H,1-2H3/b9-6+. The predicted molar refractivity (Wildman–Crippen MR) is 74.5 cm³/mol. The minimum Gasteiger partial charge on any atom is -0.268 e. The molecule has 1 saturated heterocycles. The van der Waals surface area contributed by atoms with Gasteiger partial charge in [0.2, 0.25) is 0 Å². The van der Waals surface area contributed by atoms with Crippen molar-refractivity contribution in [1.82, 2.24) is 9.80 Å². The number of nitrogens with zero attached hydrogens (tertiary/aromatic N) is 2. The lowest BCUT2D eigenvalue weighted by Crippen LogP contribution is -2.52. The zero-order chi connectivity index (χ0) is 14.7. The Morgan fingerprint density at radius 1 is 0.900 bits per heavy atom. The molecule has 0 unspecified atom stereocenters. The third-order valence-electron chi connectivity index (χ3n) is 3.00. The minimum atomic E-state index is -0.621. The van der Waals surface area contributed by atoms with Gasteiger partial charge in [0.25, 0.3) is 11.8 Å². The lowest BCUT2D eigenvalue weighted by atomic mass is 10.1. The van der Waals surface area contributed by atoms with Crippen molar-refractivity contribution < 1.29 is 14.4 Å². The van der Waals surface area contributed by atoms with E-state index in [1.54, 1.807) is 12.2 Å². The molecule has 1 aliphatic rings.